The molecule has 1 aliphatic heterocycles. The monoisotopic (exact) mass is 671 g/mol. The zero-order chi connectivity index (χ0) is 35.3. The number of aliphatic hydroxyl groups excluding tert-OH is 4. The van der Waals surface area contributed by atoms with Crippen molar-refractivity contribution in [3.8, 4) is 17.2 Å². The molecule has 0 unspecified atom stereocenters. The van der Waals surface area contributed by atoms with Crippen molar-refractivity contribution >= 4 is 34.4 Å². The summed E-state index contributed by atoms with van der Waals surface area (Å²) >= 11 is 0. The normalized spacial score (nSPS) is 23.3. The van der Waals surface area contributed by atoms with Gasteiger partial charge in [0.15, 0.2) is 17.3 Å². The number of carbonyl (C=O) groups excluding carboxylic acids is 4. The van der Waals surface area contributed by atoms with Crippen LogP contribution in [0.2, 0.25) is 0 Å². The van der Waals surface area contributed by atoms with Crippen molar-refractivity contribution < 1.29 is 58.6 Å². The Labute approximate surface area is 280 Å². The number of ketones is 4. The Bertz CT molecular complexity index is 1960. The maximum Gasteiger partial charge on any atom is 0.229 e. The van der Waals surface area contributed by atoms with Gasteiger partial charge in [0.1, 0.15) is 41.7 Å². The van der Waals surface area contributed by atoms with Crippen molar-refractivity contribution in [3.05, 3.63) is 99.3 Å². The average molecular weight is 672 g/mol. The first-order valence-corrected chi connectivity index (χ1v) is 15.2. The van der Waals surface area contributed by atoms with Gasteiger partial charge in [0.25, 0.3) is 0 Å². The summed E-state index contributed by atoms with van der Waals surface area (Å²) in [7, 11) is 2.73. The zero-order valence-electron chi connectivity index (χ0n) is 26.8. The molecule has 0 radical (unpaired) electrons. The lowest BCUT2D eigenvalue weighted by Gasteiger charge is -2.39. The van der Waals surface area contributed by atoms with E-state index in [0.29, 0.717) is 16.8 Å². The third-order valence-electron chi connectivity index (χ3n) is 8.68. The van der Waals surface area contributed by atoms with Crippen molar-refractivity contribution in [2.45, 2.75) is 44.6 Å². The fourth-order valence-corrected chi connectivity index (χ4v) is 6.27. The number of hydrogen-bond acceptors (Lipinski definition) is 13. The highest BCUT2D eigenvalue weighted by atomic mass is 16.7. The molecule has 0 saturated carbocycles. The highest BCUT2D eigenvalue weighted by Crippen LogP contribution is 2.42. The molecular formula is C36H33NO12. The standard InChI is InChI=1S/C36H33NO12/c1-15-9-20-28(25(10-15)46-3)24(40)12-21(30(20)41)27-16(2)11-19-23(39)13-22(31(42)29(19)35(27)47-4)37-17-5-7-18(8-6-17)48-36-34(45)33(44)32(43)26(14-38)49-36/h5-13,26,32-34,36-38,43-45H,14H2,1-4H3/t26-,32-,33+,34+,36+/m1/s1. The Morgan fingerprint density at radius 1 is 0.776 bits per heavy atom. The number of carbonyl (C=O) groups is 4. The SMILES string of the molecule is COc1cc(C)cc2c1C(=O)C=C(c1c(C)cc3c(c1OC)C(=O)C(Nc1ccc(O[C@H]4O[C@H](CO)[C@@H](O)[C@H](O)[C@@H]4O)cc1)=CC3=O)C2=O. The molecule has 6 rings (SSSR count). The van der Waals surface area contributed by atoms with Crippen molar-refractivity contribution in [2.24, 2.45) is 0 Å². The van der Waals surface area contributed by atoms with Crippen LogP contribution < -0.4 is 19.5 Å². The minimum Gasteiger partial charge on any atom is -0.496 e. The molecule has 3 aliphatic rings. The number of Topliss-reactive ketones (excluding diaryl/α,β-unsaturated/α-hetero) is 2. The molecule has 5 N–H and O–H groups in total. The number of aliphatic hydroxyl groups is 4. The Morgan fingerprint density at radius 2 is 1.49 bits per heavy atom. The molecule has 0 amide bonds. The van der Waals surface area contributed by atoms with Gasteiger partial charge in [-0.3, -0.25) is 19.2 Å². The number of ether oxygens (including phenoxy) is 4. The maximum atomic E-state index is 14.0. The molecule has 1 fully saturated rings. The molecule has 1 heterocycles. The first-order valence-electron chi connectivity index (χ1n) is 15.2. The van der Waals surface area contributed by atoms with E-state index in [1.54, 1.807) is 26.0 Å². The van der Waals surface area contributed by atoms with E-state index in [1.165, 1.54) is 50.6 Å². The number of rotatable bonds is 8. The molecule has 5 atom stereocenters. The van der Waals surface area contributed by atoms with Crippen molar-refractivity contribution in [3.63, 3.8) is 0 Å². The van der Waals surface area contributed by atoms with E-state index >= 15 is 0 Å². The minimum absolute atomic E-state index is 0.0154. The lowest BCUT2D eigenvalue weighted by atomic mass is 9.80. The number of benzene rings is 3. The Morgan fingerprint density at radius 3 is 2.14 bits per heavy atom. The van der Waals surface area contributed by atoms with Gasteiger partial charge in [-0.1, -0.05) is 0 Å². The van der Waals surface area contributed by atoms with E-state index in [4.69, 9.17) is 18.9 Å². The van der Waals surface area contributed by atoms with E-state index in [2.05, 4.69) is 5.32 Å². The van der Waals surface area contributed by atoms with Gasteiger partial charge in [-0.2, -0.15) is 0 Å². The number of fused-ring (bicyclic) bond motifs is 2. The number of nitrogens with one attached hydrogen (secondary N) is 1. The highest BCUT2D eigenvalue weighted by molar-refractivity contribution is 6.40. The van der Waals surface area contributed by atoms with Gasteiger partial charge in [0.05, 0.1) is 37.7 Å². The van der Waals surface area contributed by atoms with E-state index in [0.717, 1.165) is 6.08 Å². The summed E-state index contributed by atoms with van der Waals surface area (Å²) in [4.78, 5) is 54.5. The third kappa shape index (κ3) is 5.81. The quantitative estimate of drug-likeness (QED) is 0.234. The van der Waals surface area contributed by atoms with Gasteiger partial charge >= 0.3 is 0 Å². The highest BCUT2D eigenvalue weighted by Gasteiger charge is 2.45. The van der Waals surface area contributed by atoms with Crippen LogP contribution in [0.3, 0.4) is 0 Å². The number of hydrogen-bond donors (Lipinski definition) is 5. The summed E-state index contributed by atoms with van der Waals surface area (Å²) in [5.41, 5.74) is 1.97. The molecule has 13 nitrogen and oxygen atoms in total. The van der Waals surface area contributed by atoms with Gasteiger partial charge in [-0.15, -0.1) is 0 Å². The van der Waals surface area contributed by atoms with Crippen LogP contribution in [0.15, 0.2) is 60.3 Å². The molecule has 13 heteroatoms. The summed E-state index contributed by atoms with van der Waals surface area (Å²) in [5.74, 6) is -1.57. The van der Waals surface area contributed by atoms with Crippen LogP contribution in [-0.2, 0) is 4.74 Å². The molecular weight excluding hydrogens is 638 g/mol. The second-order valence-electron chi connectivity index (χ2n) is 11.9. The van der Waals surface area contributed by atoms with Gasteiger partial charge in [-0.25, -0.2) is 0 Å². The zero-order valence-corrected chi connectivity index (χ0v) is 26.8. The first-order chi connectivity index (χ1) is 23.4. The van der Waals surface area contributed by atoms with Gasteiger partial charge in [0, 0.05) is 34.0 Å². The molecule has 3 aromatic rings. The van der Waals surface area contributed by atoms with E-state index in [9.17, 15) is 39.6 Å². The van der Waals surface area contributed by atoms with E-state index in [-0.39, 0.29) is 56.3 Å². The summed E-state index contributed by atoms with van der Waals surface area (Å²) in [6, 6.07) is 10.8. The number of allylic oxidation sites excluding steroid dienone is 4. The molecule has 49 heavy (non-hydrogen) atoms. The molecule has 2 aliphatic carbocycles. The van der Waals surface area contributed by atoms with Crippen molar-refractivity contribution in [1.29, 1.82) is 0 Å². The van der Waals surface area contributed by atoms with Gasteiger partial charge in [0.2, 0.25) is 12.1 Å². The molecule has 0 spiro atoms. The first kappa shape index (κ1) is 33.7. The molecule has 0 aromatic heterocycles. The Kier molecular flexibility index (Phi) is 8.96. The lowest BCUT2D eigenvalue weighted by Crippen LogP contribution is -2.60. The van der Waals surface area contributed by atoms with Crippen LogP contribution in [0.4, 0.5) is 5.69 Å². The average Bonchev–Trinajstić information content (AvgIpc) is 3.08. The summed E-state index contributed by atoms with van der Waals surface area (Å²) in [6.07, 6.45) is -4.94. The second-order valence-corrected chi connectivity index (χ2v) is 11.9. The predicted molar refractivity (Wildman–Crippen MR) is 173 cm³/mol. The van der Waals surface area contributed by atoms with Gasteiger partial charge in [-0.05, 0) is 73.5 Å². The summed E-state index contributed by atoms with van der Waals surface area (Å²) in [5, 5.41) is 42.6. The minimum atomic E-state index is -1.61. The maximum absolute atomic E-state index is 14.0. The smallest absolute Gasteiger partial charge is 0.229 e. The van der Waals surface area contributed by atoms with E-state index < -0.39 is 60.4 Å². The van der Waals surface area contributed by atoms with Crippen LogP contribution >= 0.6 is 0 Å². The number of aryl methyl sites for hydroxylation is 2. The fraction of sp³-hybridized carbons (Fsp3) is 0.278. The van der Waals surface area contributed by atoms with Crippen LogP contribution in [0.5, 0.6) is 17.2 Å². The lowest BCUT2D eigenvalue weighted by molar-refractivity contribution is -0.277. The summed E-state index contributed by atoms with van der Waals surface area (Å²) < 4.78 is 22.1. The van der Waals surface area contributed by atoms with Crippen molar-refractivity contribution in [1.82, 2.24) is 0 Å². The van der Waals surface area contributed by atoms with Crippen LogP contribution in [0, 0.1) is 13.8 Å². The molecule has 3 aromatic carbocycles. The van der Waals surface area contributed by atoms with Gasteiger partial charge < -0.3 is 44.7 Å². The Balaban J connectivity index is 1.29. The topological polar surface area (TPSA) is 198 Å². The second kappa shape index (κ2) is 13.0. The third-order valence-corrected chi connectivity index (χ3v) is 8.68. The fourth-order valence-electron chi connectivity index (χ4n) is 6.27. The number of methoxy groups -OCH3 is 2. The molecule has 254 valence electrons. The van der Waals surface area contributed by atoms with Crippen molar-refractivity contribution in [2.75, 3.05) is 26.1 Å². The van der Waals surface area contributed by atoms with Crippen LogP contribution in [0.25, 0.3) is 5.57 Å². The van der Waals surface area contributed by atoms with Crippen LogP contribution in [-0.4, -0.2) is 95.1 Å². The van der Waals surface area contributed by atoms with Crippen LogP contribution in [0.1, 0.15) is 58.1 Å². The predicted octanol–water partition coefficient (Wildman–Crippen LogP) is 2.34. The molecule has 0 bridgehead atoms. The molecule has 1 saturated heterocycles. The Hall–Kier alpha value is -5.18. The number of anilines is 1. The largest absolute Gasteiger partial charge is 0.496 e. The van der Waals surface area contributed by atoms with E-state index in [1.807, 2.05) is 0 Å². The summed E-state index contributed by atoms with van der Waals surface area (Å²) in [6.45, 7) is 2.82.